The van der Waals surface area contributed by atoms with E-state index in [-0.39, 0.29) is 17.9 Å². The van der Waals surface area contributed by atoms with Crippen molar-refractivity contribution >= 4 is 11.8 Å². The third-order valence-corrected chi connectivity index (χ3v) is 5.46. The molecule has 144 valence electrons. The van der Waals surface area contributed by atoms with Gasteiger partial charge < -0.3 is 15.7 Å². The second kappa shape index (κ2) is 7.93. The molecule has 5 nitrogen and oxygen atoms in total. The van der Waals surface area contributed by atoms with Crippen LogP contribution in [0.25, 0.3) is 0 Å². The number of alkyl halides is 3. The lowest BCUT2D eigenvalue weighted by atomic mass is 9.68. The lowest BCUT2D eigenvalue weighted by Gasteiger charge is -2.42. The minimum atomic E-state index is -4.59. The summed E-state index contributed by atoms with van der Waals surface area (Å²) in [6.45, 7) is 2.74. The first-order valence-electron chi connectivity index (χ1n) is 8.89. The minimum Gasteiger partial charge on any atom is -0.383 e. The molecule has 0 aromatic heterocycles. The highest BCUT2D eigenvalue weighted by molar-refractivity contribution is 5.80. The molecular formula is C17H27F3N2O3. The number of halogens is 3. The number of rotatable bonds is 9. The quantitative estimate of drug-likeness (QED) is 0.587. The molecule has 0 saturated heterocycles. The van der Waals surface area contributed by atoms with Crippen LogP contribution in [0, 0.1) is 17.3 Å². The van der Waals surface area contributed by atoms with Crippen molar-refractivity contribution in [1.82, 2.24) is 10.6 Å². The van der Waals surface area contributed by atoms with Crippen LogP contribution in [0.2, 0.25) is 0 Å². The van der Waals surface area contributed by atoms with Gasteiger partial charge in [-0.25, -0.2) is 0 Å². The van der Waals surface area contributed by atoms with Crippen LogP contribution in [0.15, 0.2) is 0 Å². The molecule has 3 N–H and O–H groups in total. The van der Waals surface area contributed by atoms with Crippen molar-refractivity contribution in [3.63, 3.8) is 0 Å². The highest BCUT2D eigenvalue weighted by Gasteiger charge is 2.39. The maximum atomic E-state index is 12.2. The zero-order valence-electron chi connectivity index (χ0n) is 14.5. The number of carbonyl (C=O) groups is 2. The highest BCUT2D eigenvalue weighted by atomic mass is 19.4. The molecule has 0 aliphatic heterocycles. The minimum absolute atomic E-state index is 0.0196. The summed E-state index contributed by atoms with van der Waals surface area (Å²) in [6, 6.07) is 0. The van der Waals surface area contributed by atoms with E-state index in [1.54, 1.807) is 0 Å². The fraction of sp³-hybridized carbons (Fsp3) is 0.882. The highest BCUT2D eigenvalue weighted by Crippen LogP contribution is 2.41. The number of aliphatic hydroxyl groups is 1. The van der Waals surface area contributed by atoms with Crippen LogP contribution in [-0.4, -0.2) is 42.3 Å². The lowest BCUT2D eigenvalue weighted by molar-refractivity contribution is -0.163. The molecule has 0 aromatic carbocycles. The predicted octanol–water partition coefficient (Wildman–Crippen LogP) is 2.14. The molecule has 2 aliphatic carbocycles. The molecule has 3 atom stereocenters. The number of amides is 2. The Labute approximate surface area is 145 Å². The Hall–Kier alpha value is -1.31. The number of hydrogen-bond acceptors (Lipinski definition) is 3. The number of carbonyl (C=O) groups excluding carboxylic acids is 2. The Balaban J connectivity index is 1.69. The van der Waals surface area contributed by atoms with Gasteiger partial charge >= 0.3 is 6.18 Å². The summed E-state index contributed by atoms with van der Waals surface area (Å²) in [5.74, 6) is 0.327. The van der Waals surface area contributed by atoms with Gasteiger partial charge in [0.2, 0.25) is 11.8 Å². The molecule has 2 aliphatic rings. The van der Waals surface area contributed by atoms with Crippen molar-refractivity contribution in [2.75, 3.05) is 13.1 Å². The van der Waals surface area contributed by atoms with Gasteiger partial charge in [0, 0.05) is 24.9 Å². The molecule has 2 rings (SSSR count). The molecule has 25 heavy (non-hydrogen) atoms. The van der Waals surface area contributed by atoms with E-state index < -0.39 is 24.6 Å². The van der Waals surface area contributed by atoms with Gasteiger partial charge in [0.25, 0.3) is 0 Å². The van der Waals surface area contributed by atoms with Gasteiger partial charge in [0.05, 0.1) is 6.42 Å². The van der Waals surface area contributed by atoms with Crippen molar-refractivity contribution in [3.8, 4) is 0 Å². The van der Waals surface area contributed by atoms with E-state index in [4.69, 9.17) is 0 Å². The Morgan fingerprint density at radius 2 is 1.84 bits per heavy atom. The second-order valence-corrected chi connectivity index (χ2v) is 7.69. The topological polar surface area (TPSA) is 78.4 Å². The van der Waals surface area contributed by atoms with E-state index in [2.05, 4.69) is 17.6 Å². The fourth-order valence-corrected chi connectivity index (χ4v) is 3.29. The summed E-state index contributed by atoms with van der Waals surface area (Å²) < 4.78 is 36.6. The maximum Gasteiger partial charge on any atom is 0.392 e. The lowest BCUT2D eigenvalue weighted by Crippen LogP contribution is -2.51. The molecule has 0 aromatic rings. The fourth-order valence-electron chi connectivity index (χ4n) is 3.29. The molecule has 0 radical (unpaired) electrons. The smallest absolute Gasteiger partial charge is 0.383 e. The zero-order chi connectivity index (χ0) is 18.7. The second-order valence-electron chi connectivity index (χ2n) is 7.69. The van der Waals surface area contributed by atoms with Gasteiger partial charge in [0.15, 0.2) is 0 Å². The summed E-state index contributed by atoms with van der Waals surface area (Å²) in [6.07, 6.45) is -3.12. The van der Waals surface area contributed by atoms with E-state index in [9.17, 15) is 27.9 Å². The van der Waals surface area contributed by atoms with Crippen LogP contribution in [0.4, 0.5) is 13.2 Å². The van der Waals surface area contributed by atoms with E-state index in [0.29, 0.717) is 24.8 Å². The first kappa shape index (κ1) is 20.0. The summed E-state index contributed by atoms with van der Waals surface area (Å²) >= 11 is 0. The summed E-state index contributed by atoms with van der Waals surface area (Å²) in [5.41, 5.74) is -0.309. The molecule has 2 fully saturated rings. The predicted molar refractivity (Wildman–Crippen MR) is 85.5 cm³/mol. The van der Waals surface area contributed by atoms with Crippen LogP contribution in [0.3, 0.4) is 0 Å². The van der Waals surface area contributed by atoms with Crippen molar-refractivity contribution < 1.29 is 27.9 Å². The van der Waals surface area contributed by atoms with Gasteiger partial charge in [-0.2, -0.15) is 13.2 Å². The molecule has 0 heterocycles. The SMILES string of the molecule is C[C@@H]1C[C@H]1CCC(=O)NCC1(CNC(=O)C(O)CC(F)(F)F)CCC1. The van der Waals surface area contributed by atoms with E-state index >= 15 is 0 Å². The zero-order valence-corrected chi connectivity index (χ0v) is 14.5. The molecule has 0 bridgehead atoms. The van der Waals surface area contributed by atoms with Crippen molar-refractivity contribution in [2.24, 2.45) is 17.3 Å². The Bertz CT molecular complexity index is 492. The normalized spacial score (nSPS) is 25.6. The van der Waals surface area contributed by atoms with E-state index in [1.807, 2.05) is 0 Å². The van der Waals surface area contributed by atoms with Gasteiger partial charge in [-0.3, -0.25) is 9.59 Å². The Kier molecular flexibility index (Phi) is 6.35. The van der Waals surface area contributed by atoms with Crippen molar-refractivity contribution in [3.05, 3.63) is 0 Å². The summed E-state index contributed by atoms with van der Waals surface area (Å²) in [5, 5.41) is 14.6. The largest absolute Gasteiger partial charge is 0.392 e. The molecule has 0 spiro atoms. The van der Waals surface area contributed by atoms with Crippen molar-refractivity contribution in [1.29, 1.82) is 0 Å². The number of hydrogen-bond donors (Lipinski definition) is 3. The molecule has 1 unspecified atom stereocenters. The van der Waals surface area contributed by atoms with Gasteiger partial charge in [-0.1, -0.05) is 13.3 Å². The van der Waals surface area contributed by atoms with E-state index in [0.717, 1.165) is 25.7 Å². The van der Waals surface area contributed by atoms with Crippen LogP contribution < -0.4 is 10.6 Å². The first-order chi connectivity index (χ1) is 11.6. The van der Waals surface area contributed by atoms with Crippen LogP contribution in [0.5, 0.6) is 0 Å². The Morgan fingerprint density at radius 1 is 1.24 bits per heavy atom. The number of aliphatic hydroxyl groups excluding tert-OH is 1. The van der Waals surface area contributed by atoms with Crippen LogP contribution in [-0.2, 0) is 9.59 Å². The van der Waals surface area contributed by atoms with Gasteiger partial charge in [-0.05, 0) is 37.5 Å². The van der Waals surface area contributed by atoms with Gasteiger partial charge in [0.1, 0.15) is 6.10 Å². The number of nitrogens with one attached hydrogen (secondary N) is 2. The van der Waals surface area contributed by atoms with E-state index in [1.165, 1.54) is 6.42 Å². The monoisotopic (exact) mass is 364 g/mol. The average Bonchev–Trinajstić information content (AvgIpc) is 3.17. The maximum absolute atomic E-state index is 12.2. The van der Waals surface area contributed by atoms with Crippen LogP contribution in [0.1, 0.15) is 51.9 Å². The summed E-state index contributed by atoms with van der Waals surface area (Å²) in [4.78, 5) is 23.5. The van der Waals surface area contributed by atoms with Crippen LogP contribution >= 0.6 is 0 Å². The molecule has 8 heteroatoms. The first-order valence-corrected chi connectivity index (χ1v) is 8.89. The van der Waals surface area contributed by atoms with Gasteiger partial charge in [-0.15, -0.1) is 0 Å². The third kappa shape index (κ3) is 6.49. The van der Waals surface area contributed by atoms with Crippen molar-refractivity contribution in [2.45, 2.75) is 64.1 Å². The molecular weight excluding hydrogens is 337 g/mol. The Morgan fingerprint density at radius 3 is 2.32 bits per heavy atom. The standard InChI is InChI=1S/C17H27F3N2O3/c1-11-7-12(11)3-4-14(24)21-9-16(5-2-6-16)10-22-15(25)13(23)8-17(18,19)20/h11-13,23H,2-10H2,1H3,(H,21,24)(H,22,25)/t11-,12-,13?/m1/s1. The summed E-state index contributed by atoms with van der Waals surface area (Å²) in [7, 11) is 0. The average molecular weight is 364 g/mol. The third-order valence-electron chi connectivity index (χ3n) is 5.46. The molecule has 2 saturated carbocycles. The molecule has 2 amide bonds.